The van der Waals surface area contributed by atoms with Crippen LogP contribution in [0.25, 0.3) is 0 Å². The van der Waals surface area contributed by atoms with Gasteiger partial charge in [0.15, 0.2) is 5.54 Å². The molecule has 18 heavy (non-hydrogen) atoms. The molecule has 0 heterocycles. The first-order chi connectivity index (χ1) is 8.18. The monoisotopic (exact) mass is 265 g/mol. The van der Waals surface area contributed by atoms with Crippen LogP contribution in [0.4, 0.5) is 8.78 Å². The molecule has 0 saturated heterocycles. The number of carbonyl (C=O) groups is 2. The smallest absolute Gasteiger partial charge is 0.331 e. The maximum absolute atomic E-state index is 12.5. The van der Waals surface area contributed by atoms with Crippen LogP contribution in [0.1, 0.15) is 32.6 Å². The number of halogens is 2. The van der Waals surface area contributed by atoms with E-state index in [0.717, 1.165) is 0 Å². The van der Waals surface area contributed by atoms with Gasteiger partial charge in [-0.05, 0) is 19.3 Å². The minimum Gasteiger partial charge on any atom is -0.479 e. The number of hydrogen-bond donors (Lipinski definition) is 3. The van der Waals surface area contributed by atoms with Gasteiger partial charge in [0.25, 0.3) is 0 Å². The molecular formula is C11H17F2NO4. The fourth-order valence-electron chi connectivity index (χ4n) is 1.86. The molecule has 3 N–H and O–H groups in total. The zero-order valence-electron chi connectivity index (χ0n) is 10.1. The van der Waals surface area contributed by atoms with Gasteiger partial charge in [-0.1, -0.05) is 0 Å². The number of alkyl halides is 2. The van der Waals surface area contributed by atoms with Crippen molar-refractivity contribution in [3.8, 4) is 0 Å². The maximum atomic E-state index is 12.5. The highest BCUT2D eigenvalue weighted by molar-refractivity contribution is 5.86. The summed E-state index contributed by atoms with van der Waals surface area (Å²) in [6, 6.07) is 0. The fourth-order valence-corrected chi connectivity index (χ4v) is 1.86. The van der Waals surface area contributed by atoms with Gasteiger partial charge in [-0.3, -0.25) is 4.79 Å². The Morgan fingerprint density at radius 1 is 1.44 bits per heavy atom. The number of carbonyl (C=O) groups excluding carboxylic acids is 1. The van der Waals surface area contributed by atoms with Crippen molar-refractivity contribution in [3.05, 3.63) is 0 Å². The highest BCUT2D eigenvalue weighted by atomic mass is 19.3. The molecular weight excluding hydrogens is 248 g/mol. The number of carboxylic acid groups (broad SMARTS) is 1. The topological polar surface area (TPSA) is 86.6 Å². The van der Waals surface area contributed by atoms with Crippen molar-refractivity contribution in [3.63, 3.8) is 0 Å². The van der Waals surface area contributed by atoms with E-state index in [4.69, 9.17) is 10.2 Å². The third-order valence-electron chi connectivity index (χ3n) is 3.16. The van der Waals surface area contributed by atoms with E-state index in [2.05, 4.69) is 5.32 Å². The summed E-state index contributed by atoms with van der Waals surface area (Å²) in [6.07, 6.45) is -0.126. The first kappa shape index (κ1) is 14.8. The lowest BCUT2D eigenvalue weighted by atomic mass is 9.78. The predicted molar refractivity (Wildman–Crippen MR) is 58.2 cm³/mol. The second-order valence-corrected chi connectivity index (χ2v) is 5.01. The van der Waals surface area contributed by atoms with Crippen LogP contribution in [0.2, 0.25) is 0 Å². The first-order valence-electron chi connectivity index (χ1n) is 5.72. The van der Waals surface area contributed by atoms with Crippen LogP contribution < -0.4 is 5.32 Å². The molecule has 0 bridgehead atoms. The largest absolute Gasteiger partial charge is 0.479 e. The minimum atomic E-state index is -2.61. The van der Waals surface area contributed by atoms with Gasteiger partial charge in [0.1, 0.15) is 0 Å². The summed E-state index contributed by atoms with van der Waals surface area (Å²) in [4.78, 5) is 22.3. The standard InChI is InChI=1S/C11H17F2NO4/c1-10(6-15,9(17)18)14-8(16)3-2-7-4-11(12,13)5-7/h7,15H,2-6H2,1H3,(H,14,16)(H,17,18). The van der Waals surface area contributed by atoms with Gasteiger partial charge in [-0.15, -0.1) is 0 Å². The number of aliphatic hydroxyl groups excluding tert-OH is 1. The Kier molecular flexibility index (Phi) is 4.26. The normalized spacial score (nSPS) is 21.8. The Bertz CT molecular complexity index is 340. The van der Waals surface area contributed by atoms with Crippen molar-refractivity contribution in [1.82, 2.24) is 5.32 Å². The summed E-state index contributed by atoms with van der Waals surface area (Å²) in [6.45, 7) is 0.459. The molecule has 1 fully saturated rings. The fraction of sp³-hybridized carbons (Fsp3) is 0.818. The number of carboxylic acids is 1. The first-order valence-corrected chi connectivity index (χ1v) is 5.72. The molecule has 0 aromatic heterocycles. The molecule has 1 atom stereocenters. The van der Waals surface area contributed by atoms with Crippen molar-refractivity contribution in [1.29, 1.82) is 0 Å². The predicted octanol–water partition coefficient (Wildman–Crippen LogP) is 0.764. The number of rotatable bonds is 6. The zero-order chi connectivity index (χ0) is 14.0. The molecule has 1 aliphatic carbocycles. The lowest BCUT2D eigenvalue weighted by Gasteiger charge is -2.35. The van der Waals surface area contributed by atoms with Crippen molar-refractivity contribution < 1.29 is 28.6 Å². The Morgan fingerprint density at radius 2 is 2.00 bits per heavy atom. The molecule has 1 amide bonds. The van der Waals surface area contributed by atoms with Crippen molar-refractivity contribution in [2.24, 2.45) is 5.92 Å². The number of nitrogens with one attached hydrogen (secondary N) is 1. The Hall–Kier alpha value is -1.24. The number of hydrogen-bond acceptors (Lipinski definition) is 3. The van der Waals surface area contributed by atoms with Gasteiger partial charge < -0.3 is 15.5 Å². The summed E-state index contributed by atoms with van der Waals surface area (Å²) in [5.41, 5.74) is -1.72. The van der Waals surface area contributed by atoms with E-state index >= 15 is 0 Å². The molecule has 5 nitrogen and oxygen atoms in total. The van der Waals surface area contributed by atoms with Crippen LogP contribution in [-0.2, 0) is 9.59 Å². The third-order valence-corrected chi connectivity index (χ3v) is 3.16. The van der Waals surface area contributed by atoms with E-state index < -0.39 is 29.9 Å². The number of aliphatic carboxylic acids is 1. The van der Waals surface area contributed by atoms with Gasteiger partial charge in [-0.2, -0.15) is 0 Å². The van der Waals surface area contributed by atoms with Crippen LogP contribution in [-0.4, -0.2) is 40.2 Å². The van der Waals surface area contributed by atoms with Gasteiger partial charge in [-0.25, -0.2) is 13.6 Å². The molecule has 0 radical (unpaired) electrons. The summed E-state index contributed by atoms with van der Waals surface area (Å²) in [7, 11) is 0. The van der Waals surface area contributed by atoms with Crippen LogP contribution in [0, 0.1) is 5.92 Å². The van der Waals surface area contributed by atoms with Gasteiger partial charge >= 0.3 is 5.97 Å². The average Bonchev–Trinajstić information content (AvgIpc) is 2.22. The van der Waals surface area contributed by atoms with Crippen LogP contribution in [0.5, 0.6) is 0 Å². The van der Waals surface area contributed by atoms with Crippen molar-refractivity contribution in [2.45, 2.75) is 44.1 Å². The quantitative estimate of drug-likeness (QED) is 0.662. The van der Waals surface area contributed by atoms with Crippen molar-refractivity contribution in [2.75, 3.05) is 6.61 Å². The number of aliphatic hydroxyl groups is 1. The van der Waals surface area contributed by atoms with E-state index in [9.17, 15) is 18.4 Å². The molecule has 7 heteroatoms. The Labute approximate surface area is 103 Å². The third kappa shape index (κ3) is 3.63. The SMILES string of the molecule is CC(CO)(NC(=O)CCC1CC(F)(F)C1)C(=O)O. The lowest BCUT2D eigenvalue weighted by Crippen LogP contribution is -2.55. The molecule has 1 saturated carbocycles. The van der Waals surface area contributed by atoms with Crippen LogP contribution in [0.3, 0.4) is 0 Å². The second-order valence-electron chi connectivity index (χ2n) is 5.01. The maximum Gasteiger partial charge on any atom is 0.331 e. The van der Waals surface area contributed by atoms with Gasteiger partial charge in [0.2, 0.25) is 11.8 Å². The molecule has 104 valence electrons. The summed E-state index contributed by atoms with van der Waals surface area (Å²) < 4.78 is 25.1. The van der Waals surface area contributed by atoms with Gasteiger partial charge in [0, 0.05) is 19.3 Å². The van der Waals surface area contributed by atoms with Crippen molar-refractivity contribution >= 4 is 11.9 Å². The second kappa shape index (κ2) is 5.17. The van der Waals surface area contributed by atoms with E-state index in [-0.39, 0.29) is 25.2 Å². The van der Waals surface area contributed by atoms with E-state index in [0.29, 0.717) is 6.42 Å². The van der Waals surface area contributed by atoms with Crippen LogP contribution in [0.15, 0.2) is 0 Å². The molecule has 0 aromatic rings. The van der Waals surface area contributed by atoms with E-state index in [1.165, 1.54) is 6.92 Å². The van der Waals surface area contributed by atoms with E-state index in [1.807, 2.05) is 0 Å². The highest BCUT2D eigenvalue weighted by Crippen LogP contribution is 2.44. The molecule has 1 unspecified atom stereocenters. The summed E-state index contributed by atoms with van der Waals surface area (Å²) in [5, 5.41) is 19.9. The molecule has 1 aliphatic rings. The Morgan fingerprint density at radius 3 is 2.39 bits per heavy atom. The molecule has 0 aliphatic heterocycles. The highest BCUT2D eigenvalue weighted by Gasteiger charge is 2.45. The minimum absolute atomic E-state index is 0.0103. The molecule has 0 aromatic carbocycles. The summed E-state index contributed by atoms with van der Waals surface area (Å²) >= 11 is 0. The number of amides is 1. The zero-order valence-corrected chi connectivity index (χ0v) is 10.1. The van der Waals surface area contributed by atoms with Gasteiger partial charge in [0.05, 0.1) is 6.61 Å². The molecule has 0 spiro atoms. The Balaban J connectivity index is 2.32. The lowest BCUT2D eigenvalue weighted by molar-refractivity contribution is -0.149. The summed E-state index contributed by atoms with van der Waals surface area (Å²) in [5.74, 6) is -4.68. The average molecular weight is 265 g/mol. The molecule has 1 rings (SSSR count). The van der Waals surface area contributed by atoms with E-state index in [1.54, 1.807) is 0 Å². The van der Waals surface area contributed by atoms with Crippen LogP contribution >= 0.6 is 0 Å².